The summed E-state index contributed by atoms with van der Waals surface area (Å²) in [5, 5.41) is 9.05. The lowest BCUT2D eigenvalue weighted by molar-refractivity contribution is -0.117. The van der Waals surface area contributed by atoms with Gasteiger partial charge >= 0.3 is 0 Å². The summed E-state index contributed by atoms with van der Waals surface area (Å²) in [6, 6.07) is 1.42. The maximum absolute atomic E-state index is 11.3. The Balaban J connectivity index is 2.54. The molecular weight excluding hydrogens is 170 g/mol. The van der Waals surface area contributed by atoms with Crippen molar-refractivity contribution >= 4 is 11.8 Å². The lowest BCUT2D eigenvalue weighted by Gasteiger charge is -2.07. The summed E-state index contributed by atoms with van der Waals surface area (Å²) in [5.41, 5.74) is 0.743. The van der Waals surface area contributed by atoms with Crippen LogP contribution in [0.4, 0.5) is 5.88 Å². The van der Waals surface area contributed by atoms with Gasteiger partial charge in [0.15, 0.2) is 0 Å². The Morgan fingerprint density at radius 2 is 2.38 bits per heavy atom. The van der Waals surface area contributed by atoms with Crippen LogP contribution >= 0.6 is 0 Å². The number of amides is 1. The Labute approximate surface area is 76.5 Å². The minimum Gasteiger partial charge on any atom is -0.338 e. The number of likely N-dealkylation sites (N-methyl/N-ethyl adjacent to an activating group) is 1. The van der Waals surface area contributed by atoms with Gasteiger partial charge in [0.05, 0.1) is 11.7 Å². The highest BCUT2D eigenvalue weighted by Gasteiger charge is 2.12. The van der Waals surface area contributed by atoms with Gasteiger partial charge in [-0.2, -0.15) is 0 Å². The number of hydrogen-bond acceptors (Lipinski definition) is 4. The summed E-state index contributed by atoms with van der Waals surface area (Å²) in [6.07, 6.45) is 0. The first-order chi connectivity index (χ1) is 6.13. The summed E-state index contributed by atoms with van der Waals surface area (Å²) < 4.78 is 4.82. The van der Waals surface area contributed by atoms with Gasteiger partial charge in [0, 0.05) is 6.07 Å². The highest BCUT2D eigenvalue weighted by Crippen LogP contribution is 2.08. The van der Waals surface area contributed by atoms with Gasteiger partial charge < -0.3 is 9.84 Å². The molecule has 1 aromatic rings. The molecule has 0 bridgehead atoms. The molecule has 13 heavy (non-hydrogen) atoms. The molecule has 1 heterocycles. The van der Waals surface area contributed by atoms with E-state index in [-0.39, 0.29) is 11.9 Å². The predicted molar refractivity (Wildman–Crippen MR) is 48.4 cm³/mol. The third-order valence-corrected chi connectivity index (χ3v) is 1.70. The number of aromatic nitrogens is 1. The maximum Gasteiger partial charge on any atom is 0.243 e. The van der Waals surface area contributed by atoms with E-state index in [9.17, 15) is 4.79 Å². The molecule has 1 atom stereocenters. The quantitative estimate of drug-likeness (QED) is 0.717. The average Bonchev–Trinajstić information content (AvgIpc) is 2.49. The van der Waals surface area contributed by atoms with Gasteiger partial charge in [-0.15, -0.1) is 0 Å². The van der Waals surface area contributed by atoms with Gasteiger partial charge in [0.2, 0.25) is 11.8 Å². The minimum absolute atomic E-state index is 0.140. The second-order valence-corrected chi connectivity index (χ2v) is 2.83. The summed E-state index contributed by atoms with van der Waals surface area (Å²) >= 11 is 0. The van der Waals surface area contributed by atoms with Crippen molar-refractivity contribution in [1.82, 2.24) is 10.5 Å². The van der Waals surface area contributed by atoms with Gasteiger partial charge in [-0.3, -0.25) is 10.1 Å². The van der Waals surface area contributed by atoms with E-state index in [4.69, 9.17) is 4.52 Å². The van der Waals surface area contributed by atoms with Crippen LogP contribution in [0.25, 0.3) is 0 Å². The molecule has 1 rings (SSSR count). The summed E-state index contributed by atoms with van der Waals surface area (Å²) in [7, 11) is 1.72. The molecule has 0 aliphatic carbocycles. The van der Waals surface area contributed by atoms with Crippen LogP contribution in [0.15, 0.2) is 10.6 Å². The van der Waals surface area contributed by atoms with E-state index in [1.54, 1.807) is 27.0 Å². The van der Waals surface area contributed by atoms with Crippen LogP contribution < -0.4 is 10.6 Å². The lowest BCUT2D eigenvalue weighted by Crippen LogP contribution is -2.35. The van der Waals surface area contributed by atoms with Gasteiger partial charge in [-0.05, 0) is 20.9 Å². The van der Waals surface area contributed by atoms with Gasteiger partial charge in [-0.25, -0.2) is 0 Å². The first-order valence-electron chi connectivity index (χ1n) is 4.05. The van der Waals surface area contributed by atoms with Crippen LogP contribution in [0, 0.1) is 6.92 Å². The Morgan fingerprint density at radius 3 is 2.85 bits per heavy atom. The van der Waals surface area contributed by atoms with Crippen molar-refractivity contribution in [3.63, 3.8) is 0 Å². The van der Waals surface area contributed by atoms with Gasteiger partial charge in [-0.1, -0.05) is 5.16 Å². The number of hydrogen-bond donors (Lipinski definition) is 2. The van der Waals surface area contributed by atoms with E-state index in [1.165, 1.54) is 0 Å². The summed E-state index contributed by atoms with van der Waals surface area (Å²) in [5.74, 6) is 0.239. The first kappa shape index (κ1) is 9.73. The fourth-order valence-electron chi connectivity index (χ4n) is 0.783. The molecule has 0 aliphatic rings. The number of carbonyl (C=O) groups is 1. The molecule has 2 N–H and O–H groups in total. The molecular formula is C8H13N3O2. The highest BCUT2D eigenvalue weighted by molar-refractivity contribution is 5.93. The number of aryl methyl sites for hydroxylation is 1. The van der Waals surface area contributed by atoms with E-state index >= 15 is 0 Å². The van der Waals surface area contributed by atoms with Crippen LogP contribution in [0.1, 0.15) is 12.6 Å². The Hall–Kier alpha value is -1.36. The molecule has 0 aromatic carbocycles. The first-order valence-corrected chi connectivity index (χ1v) is 4.05. The molecule has 0 aliphatic heterocycles. The van der Waals surface area contributed by atoms with Crippen LogP contribution in [0.5, 0.6) is 0 Å². The molecule has 5 heteroatoms. The molecule has 0 spiro atoms. The number of rotatable bonds is 3. The fourth-order valence-corrected chi connectivity index (χ4v) is 0.783. The Morgan fingerprint density at radius 1 is 1.69 bits per heavy atom. The van der Waals surface area contributed by atoms with Crippen LogP contribution in [-0.2, 0) is 4.79 Å². The normalized spacial score (nSPS) is 12.5. The predicted octanol–water partition coefficient (Wildman–Crippen LogP) is 0.529. The largest absolute Gasteiger partial charge is 0.338 e. The monoisotopic (exact) mass is 183 g/mol. The zero-order valence-electron chi connectivity index (χ0n) is 7.92. The van der Waals surface area contributed by atoms with E-state index in [0.717, 1.165) is 5.69 Å². The zero-order valence-corrected chi connectivity index (χ0v) is 7.92. The Bertz CT molecular complexity index is 295. The van der Waals surface area contributed by atoms with Crippen molar-refractivity contribution in [2.45, 2.75) is 19.9 Å². The van der Waals surface area contributed by atoms with E-state index in [2.05, 4.69) is 15.8 Å². The van der Waals surface area contributed by atoms with Gasteiger partial charge in [0.1, 0.15) is 0 Å². The minimum atomic E-state index is -0.245. The molecule has 1 aromatic heterocycles. The van der Waals surface area contributed by atoms with Gasteiger partial charge in [0.25, 0.3) is 0 Å². The molecule has 1 unspecified atom stereocenters. The van der Waals surface area contributed by atoms with Crippen molar-refractivity contribution < 1.29 is 9.32 Å². The second kappa shape index (κ2) is 4.04. The molecule has 0 fully saturated rings. The van der Waals surface area contributed by atoms with Crippen molar-refractivity contribution in [3.05, 3.63) is 11.8 Å². The summed E-state index contributed by atoms with van der Waals surface area (Å²) in [4.78, 5) is 11.3. The summed E-state index contributed by atoms with van der Waals surface area (Å²) in [6.45, 7) is 3.55. The standard InChI is InChI=1S/C8H13N3O2/c1-5-4-7(13-11-5)10-8(12)6(2)9-3/h4,6,9H,1-3H3,(H,10,12). The molecule has 72 valence electrons. The van der Waals surface area contributed by atoms with Crippen molar-refractivity contribution in [2.75, 3.05) is 12.4 Å². The number of anilines is 1. The zero-order chi connectivity index (χ0) is 9.84. The molecule has 5 nitrogen and oxygen atoms in total. The van der Waals surface area contributed by atoms with Crippen molar-refractivity contribution in [1.29, 1.82) is 0 Å². The van der Waals surface area contributed by atoms with Crippen LogP contribution in [0.2, 0.25) is 0 Å². The van der Waals surface area contributed by atoms with E-state index < -0.39 is 0 Å². The van der Waals surface area contributed by atoms with Crippen LogP contribution in [0.3, 0.4) is 0 Å². The topological polar surface area (TPSA) is 67.2 Å². The highest BCUT2D eigenvalue weighted by atomic mass is 16.5. The molecule has 0 saturated carbocycles. The smallest absolute Gasteiger partial charge is 0.243 e. The van der Waals surface area contributed by atoms with Crippen molar-refractivity contribution in [3.8, 4) is 0 Å². The molecule has 0 saturated heterocycles. The average molecular weight is 183 g/mol. The third kappa shape index (κ3) is 2.55. The lowest BCUT2D eigenvalue weighted by atomic mass is 10.3. The second-order valence-electron chi connectivity index (χ2n) is 2.83. The number of nitrogens with one attached hydrogen (secondary N) is 2. The Kier molecular flexibility index (Phi) is 3.02. The molecule has 0 radical (unpaired) electrons. The fraction of sp³-hybridized carbons (Fsp3) is 0.500. The SMILES string of the molecule is CNC(C)C(=O)Nc1cc(C)no1. The maximum atomic E-state index is 11.3. The van der Waals surface area contributed by atoms with Crippen molar-refractivity contribution in [2.24, 2.45) is 0 Å². The number of carbonyl (C=O) groups excluding carboxylic acids is 1. The van der Waals surface area contributed by atoms with Crippen LogP contribution in [-0.4, -0.2) is 24.2 Å². The van der Waals surface area contributed by atoms with E-state index in [1.807, 2.05) is 0 Å². The van der Waals surface area contributed by atoms with E-state index in [0.29, 0.717) is 5.88 Å². The third-order valence-electron chi connectivity index (χ3n) is 1.70. The molecule has 1 amide bonds. The number of nitrogens with zero attached hydrogens (tertiary/aromatic N) is 1.